The zero-order chi connectivity index (χ0) is 13.9. The van der Waals surface area contributed by atoms with Crippen molar-refractivity contribution in [2.75, 3.05) is 32.1 Å². The highest BCUT2D eigenvalue weighted by Gasteiger charge is 2.07. The van der Waals surface area contributed by atoms with Gasteiger partial charge in [0.1, 0.15) is 17.8 Å². The first kappa shape index (κ1) is 15.4. The third-order valence-corrected chi connectivity index (χ3v) is 2.55. The lowest BCUT2D eigenvalue weighted by Gasteiger charge is -2.07. The molecule has 1 amide bonds. The van der Waals surface area contributed by atoms with Gasteiger partial charge in [-0.25, -0.2) is 9.97 Å². The SMILES string of the molecule is CCCCNc1cc(C(=O)NCCCOC)ncn1. The molecule has 106 valence electrons. The van der Waals surface area contributed by atoms with E-state index in [9.17, 15) is 4.79 Å². The van der Waals surface area contributed by atoms with Crippen LogP contribution in [0.15, 0.2) is 12.4 Å². The van der Waals surface area contributed by atoms with E-state index in [-0.39, 0.29) is 5.91 Å². The van der Waals surface area contributed by atoms with Crippen molar-refractivity contribution in [3.63, 3.8) is 0 Å². The molecule has 0 fully saturated rings. The van der Waals surface area contributed by atoms with Gasteiger partial charge in [-0.3, -0.25) is 4.79 Å². The molecule has 0 radical (unpaired) electrons. The molecule has 1 heterocycles. The first-order valence-electron chi connectivity index (χ1n) is 6.61. The highest BCUT2D eigenvalue weighted by atomic mass is 16.5. The fourth-order valence-electron chi connectivity index (χ4n) is 1.48. The van der Waals surface area contributed by atoms with Gasteiger partial charge in [-0.15, -0.1) is 0 Å². The van der Waals surface area contributed by atoms with Crippen molar-refractivity contribution in [1.82, 2.24) is 15.3 Å². The number of anilines is 1. The van der Waals surface area contributed by atoms with E-state index in [0.717, 1.165) is 25.8 Å². The third kappa shape index (κ3) is 6.15. The summed E-state index contributed by atoms with van der Waals surface area (Å²) in [5.41, 5.74) is 0.381. The number of rotatable bonds is 9. The van der Waals surface area contributed by atoms with E-state index in [1.165, 1.54) is 6.33 Å². The van der Waals surface area contributed by atoms with Crippen molar-refractivity contribution >= 4 is 11.7 Å². The molecule has 1 aromatic heterocycles. The van der Waals surface area contributed by atoms with Crippen molar-refractivity contribution in [2.24, 2.45) is 0 Å². The molecule has 0 aliphatic rings. The van der Waals surface area contributed by atoms with Gasteiger partial charge in [0.25, 0.3) is 5.91 Å². The Morgan fingerprint density at radius 1 is 1.32 bits per heavy atom. The lowest BCUT2D eigenvalue weighted by Crippen LogP contribution is -2.26. The highest BCUT2D eigenvalue weighted by molar-refractivity contribution is 5.92. The highest BCUT2D eigenvalue weighted by Crippen LogP contribution is 2.04. The van der Waals surface area contributed by atoms with E-state index >= 15 is 0 Å². The molecule has 0 atom stereocenters. The second-order valence-corrected chi connectivity index (χ2v) is 4.17. The molecule has 0 aromatic carbocycles. The maximum atomic E-state index is 11.8. The van der Waals surface area contributed by atoms with Gasteiger partial charge >= 0.3 is 0 Å². The van der Waals surface area contributed by atoms with Crippen LogP contribution in [-0.4, -0.2) is 42.7 Å². The minimum atomic E-state index is -0.183. The molecule has 1 aromatic rings. The van der Waals surface area contributed by atoms with Crippen LogP contribution in [0, 0.1) is 0 Å². The molecule has 0 bridgehead atoms. The fourth-order valence-corrected chi connectivity index (χ4v) is 1.48. The standard InChI is InChI=1S/C13H22N4O2/c1-3-4-6-14-12-9-11(16-10-17-12)13(18)15-7-5-8-19-2/h9-10H,3-8H2,1-2H3,(H,15,18)(H,14,16,17). The maximum Gasteiger partial charge on any atom is 0.270 e. The van der Waals surface area contributed by atoms with Crippen LogP contribution < -0.4 is 10.6 Å². The zero-order valence-electron chi connectivity index (χ0n) is 11.6. The van der Waals surface area contributed by atoms with Crippen LogP contribution in [0.25, 0.3) is 0 Å². The predicted octanol–water partition coefficient (Wildman–Crippen LogP) is 1.45. The minimum Gasteiger partial charge on any atom is -0.385 e. The molecule has 0 unspecified atom stereocenters. The number of hydrogen-bond donors (Lipinski definition) is 2. The number of nitrogens with zero attached hydrogens (tertiary/aromatic N) is 2. The topological polar surface area (TPSA) is 76.1 Å². The quantitative estimate of drug-likeness (QED) is 0.662. The van der Waals surface area contributed by atoms with Gasteiger partial charge < -0.3 is 15.4 Å². The summed E-state index contributed by atoms with van der Waals surface area (Å²) in [5.74, 6) is 0.502. The van der Waals surface area contributed by atoms with E-state index < -0.39 is 0 Å². The summed E-state index contributed by atoms with van der Waals surface area (Å²) < 4.78 is 4.92. The van der Waals surface area contributed by atoms with Gasteiger partial charge in [0.05, 0.1) is 0 Å². The normalized spacial score (nSPS) is 10.2. The Kier molecular flexibility index (Phi) is 7.50. The van der Waals surface area contributed by atoms with E-state index in [0.29, 0.717) is 24.7 Å². The average Bonchev–Trinajstić information content (AvgIpc) is 2.44. The molecule has 0 saturated heterocycles. The predicted molar refractivity (Wildman–Crippen MR) is 74.3 cm³/mol. The van der Waals surface area contributed by atoms with Gasteiger partial charge in [-0.05, 0) is 12.8 Å². The van der Waals surface area contributed by atoms with Gasteiger partial charge in [-0.1, -0.05) is 13.3 Å². The van der Waals surface area contributed by atoms with Gasteiger partial charge in [0, 0.05) is 32.9 Å². The molecule has 0 aliphatic heterocycles. The molecular weight excluding hydrogens is 244 g/mol. The average molecular weight is 266 g/mol. The number of ether oxygens (including phenoxy) is 1. The van der Waals surface area contributed by atoms with Crippen LogP contribution in [0.1, 0.15) is 36.7 Å². The minimum absolute atomic E-state index is 0.183. The fraction of sp³-hybridized carbons (Fsp3) is 0.615. The largest absolute Gasteiger partial charge is 0.385 e. The summed E-state index contributed by atoms with van der Waals surface area (Å²) in [6, 6.07) is 1.67. The Balaban J connectivity index is 2.43. The van der Waals surface area contributed by atoms with Crippen LogP contribution in [-0.2, 0) is 4.74 Å². The van der Waals surface area contributed by atoms with Crippen molar-refractivity contribution < 1.29 is 9.53 Å². The molecule has 0 saturated carbocycles. The zero-order valence-corrected chi connectivity index (χ0v) is 11.6. The first-order chi connectivity index (χ1) is 9.27. The molecular formula is C13H22N4O2. The maximum absolute atomic E-state index is 11.8. The third-order valence-electron chi connectivity index (χ3n) is 2.55. The lowest BCUT2D eigenvalue weighted by molar-refractivity contribution is 0.0943. The number of carbonyl (C=O) groups excluding carboxylic acids is 1. The molecule has 1 rings (SSSR count). The summed E-state index contributed by atoms with van der Waals surface area (Å²) in [7, 11) is 1.64. The molecule has 19 heavy (non-hydrogen) atoms. The Bertz CT molecular complexity index is 385. The summed E-state index contributed by atoms with van der Waals surface area (Å²) >= 11 is 0. The van der Waals surface area contributed by atoms with Gasteiger partial charge in [0.15, 0.2) is 0 Å². The van der Waals surface area contributed by atoms with Crippen LogP contribution in [0.3, 0.4) is 0 Å². The number of unbranched alkanes of at least 4 members (excludes halogenated alkanes) is 1. The summed E-state index contributed by atoms with van der Waals surface area (Å²) in [5, 5.41) is 5.96. The lowest BCUT2D eigenvalue weighted by atomic mass is 10.3. The van der Waals surface area contributed by atoms with Crippen molar-refractivity contribution in [2.45, 2.75) is 26.2 Å². The van der Waals surface area contributed by atoms with Crippen molar-refractivity contribution in [3.05, 3.63) is 18.1 Å². The smallest absolute Gasteiger partial charge is 0.270 e. The van der Waals surface area contributed by atoms with Gasteiger partial charge in [0.2, 0.25) is 0 Å². The summed E-state index contributed by atoms with van der Waals surface area (Å²) in [6.07, 6.45) is 4.38. The van der Waals surface area contributed by atoms with Crippen molar-refractivity contribution in [3.8, 4) is 0 Å². The Hall–Kier alpha value is -1.69. The number of aromatic nitrogens is 2. The Labute approximate surface area is 114 Å². The van der Waals surface area contributed by atoms with Gasteiger partial charge in [-0.2, -0.15) is 0 Å². The summed E-state index contributed by atoms with van der Waals surface area (Å²) in [4.78, 5) is 19.9. The molecule has 0 aliphatic carbocycles. The Morgan fingerprint density at radius 2 is 2.16 bits per heavy atom. The van der Waals surface area contributed by atoms with E-state index in [2.05, 4.69) is 27.5 Å². The number of amides is 1. The second-order valence-electron chi connectivity index (χ2n) is 4.17. The molecule has 6 heteroatoms. The van der Waals surface area contributed by atoms with E-state index in [1.54, 1.807) is 13.2 Å². The van der Waals surface area contributed by atoms with E-state index in [4.69, 9.17) is 4.74 Å². The molecule has 2 N–H and O–H groups in total. The number of methoxy groups -OCH3 is 1. The first-order valence-corrected chi connectivity index (χ1v) is 6.61. The monoisotopic (exact) mass is 266 g/mol. The number of nitrogens with one attached hydrogen (secondary N) is 2. The number of carbonyl (C=O) groups is 1. The molecule has 0 spiro atoms. The number of hydrogen-bond acceptors (Lipinski definition) is 5. The molecule has 6 nitrogen and oxygen atoms in total. The van der Waals surface area contributed by atoms with Crippen LogP contribution >= 0.6 is 0 Å². The van der Waals surface area contributed by atoms with Crippen molar-refractivity contribution in [1.29, 1.82) is 0 Å². The van der Waals surface area contributed by atoms with Crippen LogP contribution in [0.4, 0.5) is 5.82 Å². The van der Waals surface area contributed by atoms with Crippen LogP contribution in [0.5, 0.6) is 0 Å². The second kappa shape index (κ2) is 9.27. The Morgan fingerprint density at radius 3 is 2.89 bits per heavy atom. The summed E-state index contributed by atoms with van der Waals surface area (Å²) in [6.45, 7) is 4.19. The van der Waals surface area contributed by atoms with Crippen LogP contribution in [0.2, 0.25) is 0 Å². The van der Waals surface area contributed by atoms with E-state index in [1.807, 2.05) is 0 Å².